The second-order valence-corrected chi connectivity index (χ2v) is 6.64. The van der Waals surface area contributed by atoms with Crippen LogP contribution in [0, 0.1) is 0 Å². The van der Waals surface area contributed by atoms with E-state index < -0.39 is 63.7 Å². The smallest absolute Gasteiger partial charge is 0.365 e. The van der Waals surface area contributed by atoms with Crippen LogP contribution in [0.1, 0.15) is 0 Å². The summed E-state index contributed by atoms with van der Waals surface area (Å²) in [4.78, 5) is 0. The maximum atomic E-state index is 13.0. The SMILES string of the molecule is O=P(OCC(F)(F)C(F)F)(OCC(F)(F)C(F)F)C(O)C(F)(F)C(F)F. The van der Waals surface area contributed by atoms with Gasteiger partial charge in [0, 0.05) is 0 Å². The van der Waals surface area contributed by atoms with Crippen molar-refractivity contribution >= 4 is 7.60 Å². The van der Waals surface area contributed by atoms with Crippen LogP contribution in [-0.4, -0.2) is 61.2 Å². The molecule has 0 spiro atoms. The van der Waals surface area contributed by atoms with E-state index in [1.54, 1.807) is 0 Å². The van der Waals surface area contributed by atoms with Crippen molar-refractivity contribution in [3.63, 3.8) is 0 Å². The van der Waals surface area contributed by atoms with Gasteiger partial charge in [-0.15, -0.1) is 0 Å². The fourth-order valence-electron chi connectivity index (χ4n) is 0.980. The van der Waals surface area contributed by atoms with Gasteiger partial charge in [0.25, 0.3) is 0 Å². The molecule has 0 saturated heterocycles. The van der Waals surface area contributed by atoms with Crippen LogP contribution in [0.25, 0.3) is 0 Å². The summed E-state index contributed by atoms with van der Waals surface area (Å²) >= 11 is 0. The summed E-state index contributed by atoms with van der Waals surface area (Å²) < 4.78 is 167. The summed E-state index contributed by atoms with van der Waals surface area (Å²) in [6, 6.07) is 0. The largest absolute Gasteiger partial charge is 0.376 e. The van der Waals surface area contributed by atoms with Crippen molar-refractivity contribution in [2.24, 2.45) is 0 Å². The molecule has 4 nitrogen and oxygen atoms in total. The maximum absolute atomic E-state index is 13.0. The van der Waals surface area contributed by atoms with E-state index in [-0.39, 0.29) is 0 Å². The topological polar surface area (TPSA) is 55.8 Å². The summed E-state index contributed by atoms with van der Waals surface area (Å²) in [6.45, 7) is -5.61. The van der Waals surface area contributed by atoms with E-state index in [9.17, 15) is 57.3 Å². The van der Waals surface area contributed by atoms with Gasteiger partial charge >= 0.3 is 44.6 Å². The summed E-state index contributed by atoms with van der Waals surface area (Å²) in [5.74, 6) is -20.7. The second-order valence-electron chi connectivity index (χ2n) is 4.56. The van der Waals surface area contributed by atoms with Gasteiger partial charge in [-0.25, -0.2) is 26.3 Å². The van der Waals surface area contributed by atoms with Gasteiger partial charge in [-0.3, -0.25) is 4.57 Å². The molecule has 158 valence electrons. The van der Waals surface area contributed by atoms with Crippen LogP contribution >= 0.6 is 7.60 Å². The standard InChI is InChI=1S/C9H9F12O4P/c10-3(11)7(16,17)1-24-26(23,6(22)9(20,21)5(14)15)25-2-8(18,19)4(12)13/h3-6,22H,1-2H2. The Bertz CT molecular complexity index is 471. The molecule has 1 unspecified atom stereocenters. The van der Waals surface area contributed by atoms with E-state index in [2.05, 4.69) is 9.05 Å². The van der Waals surface area contributed by atoms with Gasteiger partial charge in [0.2, 0.25) is 5.85 Å². The number of aliphatic hydroxyl groups is 1. The molecule has 0 aromatic rings. The van der Waals surface area contributed by atoms with E-state index in [0.29, 0.717) is 0 Å². The molecule has 1 N–H and O–H groups in total. The van der Waals surface area contributed by atoms with Crippen LogP contribution in [0.15, 0.2) is 0 Å². The Labute approximate surface area is 136 Å². The fraction of sp³-hybridized carbons (Fsp3) is 1.00. The maximum Gasteiger partial charge on any atom is 0.365 e. The first kappa shape index (κ1) is 25.3. The Kier molecular flexibility index (Phi) is 8.28. The lowest BCUT2D eigenvalue weighted by Gasteiger charge is -2.30. The number of hydrogen-bond donors (Lipinski definition) is 1. The van der Waals surface area contributed by atoms with Crippen molar-refractivity contribution in [2.45, 2.75) is 42.9 Å². The Morgan fingerprint density at radius 1 is 0.731 bits per heavy atom. The molecule has 0 aromatic heterocycles. The third-order valence-corrected chi connectivity index (χ3v) is 4.37. The lowest BCUT2D eigenvalue weighted by atomic mass is 10.4. The highest BCUT2D eigenvalue weighted by atomic mass is 31.2. The molecule has 26 heavy (non-hydrogen) atoms. The normalized spacial score (nSPS) is 16.0. The van der Waals surface area contributed by atoms with Gasteiger partial charge in [0.05, 0.1) is 0 Å². The van der Waals surface area contributed by atoms with Crippen LogP contribution in [-0.2, 0) is 13.6 Å². The highest BCUT2D eigenvalue weighted by Crippen LogP contribution is 2.59. The van der Waals surface area contributed by atoms with E-state index >= 15 is 0 Å². The first-order valence-electron chi connectivity index (χ1n) is 5.95. The Hall–Kier alpha value is -0.730. The Morgan fingerprint density at radius 2 is 1.04 bits per heavy atom. The van der Waals surface area contributed by atoms with Crippen LogP contribution in [0.5, 0.6) is 0 Å². The fourth-order valence-corrected chi connectivity index (χ4v) is 2.58. The monoisotopic (exact) mass is 440 g/mol. The molecule has 0 bridgehead atoms. The molecule has 0 aliphatic heterocycles. The van der Waals surface area contributed by atoms with Crippen molar-refractivity contribution < 1.29 is 71.4 Å². The minimum Gasteiger partial charge on any atom is -0.376 e. The van der Waals surface area contributed by atoms with E-state index in [0.717, 1.165) is 0 Å². The molecule has 0 fully saturated rings. The zero-order valence-electron chi connectivity index (χ0n) is 11.9. The van der Waals surface area contributed by atoms with Crippen molar-refractivity contribution in [3.05, 3.63) is 0 Å². The van der Waals surface area contributed by atoms with Crippen LogP contribution < -0.4 is 0 Å². The zero-order valence-corrected chi connectivity index (χ0v) is 12.8. The van der Waals surface area contributed by atoms with Crippen LogP contribution in [0.3, 0.4) is 0 Å². The molecule has 0 amide bonds. The number of aliphatic hydroxyl groups excluding tert-OH is 1. The minimum absolute atomic E-state index is 2.81. The van der Waals surface area contributed by atoms with Crippen molar-refractivity contribution in [1.29, 1.82) is 0 Å². The van der Waals surface area contributed by atoms with Crippen molar-refractivity contribution in [1.82, 2.24) is 0 Å². The van der Waals surface area contributed by atoms with Crippen LogP contribution in [0.4, 0.5) is 52.7 Å². The number of rotatable bonds is 11. The van der Waals surface area contributed by atoms with E-state index in [1.165, 1.54) is 0 Å². The average molecular weight is 440 g/mol. The van der Waals surface area contributed by atoms with Crippen molar-refractivity contribution in [2.75, 3.05) is 13.2 Å². The van der Waals surface area contributed by atoms with E-state index in [1.807, 2.05) is 0 Å². The van der Waals surface area contributed by atoms with Gasteiger partial charge in [-0.2, -0.15) is 26.3 Å². The quantitative estimate of drug-likeness (QED) is 0.386. The molecule has 17 heteroatoms. The molecule has 0 radical (unpaired) electrons. The second kappa shape index (κ2) is 8.52. The number of hydrogen-bond acceptors (Lipinski definition) is 4. The lowest BCUT2D eigenvalue weighted by molar-refractivity contribution is -0.183. The summed E-state index contributed by atoms with van der Waals surface area (Å²) in [5.41, 5.74) is 0. The molecule has 0 rings (SSSR count). The summed E-state index contributed by atoms with van der Waals surface area (Å²) in [7, 11) is -6.56. The molecular formula is C9H9F12O4P. The number of halogens is 12. The van der Waals surface area contributed by atoms with Gasteiger partial charge < -0.3 is 14.2 Å². The first-order valence-corrected chi connectivity index (χ1v) is 7.56. The third kappa shape index (κ3) is 6.16. The van der Waals surface area contributed by atoms with Gasteiger partial charge in [-0.1, -0.05) is 0 Å². The lowest BCUT2D eigenvalue weighted by Crippen LogP contribution is -2.43. The highest BCUT2D eigenvalue weighted by Gasteiger charge is 2.60. The molecule has 0 aliphatic carbocycles. The predicted octanol–water partition coefficient (Wildman–Crippen LogP) is 4.23. The van der Waals surface area contributed by atoms with Gasteiger partial charge in [0.15, 0.2) is 0 Å². The highest BCUT2D eigenvalue weighted by molar-refractivity contribution is 7.54. The Balaban J connectivity index is 5.62. The first-order chi connectivity index (χ1) is 11.4. The Morgan fingerprint density at radius 3 is 1.27 bits per heavy atom. The molecule has 0 aromatic carbocycles. The van der Waals surface area contributed by atoms with Crippen LogP contribution in [0.2, 0.25) is 0 Å². The van der Waals surface area contributed by atoms with Crippen molar-refractivity contribution in [3.8, 4) is 0 Å². The summed E-state index contributed by atoms with van der Waals surface area (Å²) in [5, 5.41) is 8.93. The summed E-state index contributed by atoms with van der Waals surface area (Å²) in [6.07, 6.45) is -14.0. The molecule has 0 aliphatic rings. The zero-order chi connectivity index (χ0) is 21.1. The molecule has 0 heterocycles. The predicted molar refractivity (Wildman–Crippen MR) is 58.4 cm³/mol. The number of alkyl halides is 12. The third-order valence-electron chi connectivity index (χ3n) is 2.45. The molecule has 1 atom stereocenters. The average Bonchev–Trinajstić information content (AvgIpc) is 2.49. The molecular weight excluding hydrogens is 431 g/mol. The van der Waals surface area contributed by atoms with Gasteiger partial charge in [-0.05, 0) is 0 Å². The minimum atomic E-state index is -6.56. The molecule has 0 saturated carbocycles. The van der Waals surface area contributed by atoms with Gasteiger partial charge in [0.1, 0.15) is 13.2 Å². The van der Waals surface area contributed by atoms with E-state index in [4.69, 9.17) is 5.11 Å².